The van der Waals surface area contributed by atoms with Crippen molar-refractivity contribution in [3.8, 4) is 0 Å². The second kappa shape index (κ2) is 9.85. The first kappa shape index (κ1) is 21.3. The molecule has 2 aromatic carbocycles. The first-order chi connectivity index (χ1) is 14.0. The van der Waals surface area contributed by atoms with Crippen LogP contribution < -0.4 is 5.32 Å². The van der Waals surface area contributed by atoms with E-state index in [1.165, 1.54) is 11.8 Å². The maximum absolute atomic E-state index is 12.5. The van der Waals surface area contributed by atoms with Crippen LogP contribution in [0.4, 0.5) is 5.69 Å². The molecule has 0 unspecified atom stereocenters. The fourth-order valence-electron chi connectivity index (χ4n) is 3.19. The predicted molar refractivity (Wildman–Crippen MR) is 121 cm³/mol. The molecule has 5 nitrogen and oxygen atoms in total. The van der Waals surface area contributed by atoms with Crippen LogP contribution in [0.5, 0.6) is 0 Å². The highest BCUT2D eigenvalue weighted by Crippen LogP contribution is 2.30. The molecule has 29 heavy (non-hydrogen) atoms. The van der Waals surface area contributed by atoms with E-state index in [-0.39, 0.29) is 24.1 Å². The summed E-state index contributed by atoms with van der Waals surface area (Å²) in [6.45, 7) is 5.64. The molecule has 0 spiro atoms. The highest BCUT2D eigenvalue weighted by atomic mass is 35.5. The number of nitrogens with zero attached hydrogens (tertiary/aromatic N) is 2. The van der Waals surface area contributed by atoms with Crippen LogP contribution in [0.2, 0.25) is 5.02 Å². The topological polar surface area (TPSA) is 54.3 Å². The van der Waals surface area contributed by atoms with Gasteiger partial charge < -0.3 is 14.8 Å². The SMILES string of the molecule is CCN(CC)C(=O)Cn1cc(SCC(=O)Nc2cccc(Cl)c2)c2ccccc21. The number of para-hydroxylation sites is 1. The lowest BCUT2D eigenvalue weighted by molar-refractivity contribution is -0.131. The largest absolute Gasteiger partial charge is 0.342 e. The number of rotatable bonds is 8. The molecule has 1 N–H and O–H groups in total. The predicted octanol–water partition coefficient (Wildman–Crippen LogP) is 4.89. The zero-order valence-electron chi connectivity index (χ0n) is 16.5. The first-order valence-corrected chi connectivity index (χ1v) is 10.9. The van der Waals surface area contributed by atoms with E-state index in [1.807, 2.05) is 53.8 Å². The monoisotopic (exact) mass is 429 g/mol. The van der Waals surface area contributed by atoms with E-state index in [9.17, 15) is 9.59 Å². The third-order valence-electron chi connectivity index (χ3n) is 4.64. The molecule has 0 saturated heterocycles. The van der Waals surface area contributed by atoms with Gasteiger partial charge in [-0.1, -0.05) is 35.9 Å². The third kappa shape index (κ3) is 5.34. The fraction of sp³-hybridized carbons (Fsp3) is 0.273. The Morgan fingerprint density at radius 1 is 1.10 bits per heavy atom. The maximum Gasteiger partial charge on any atom is 0.242 e. The van der Waals surface area contributed by atoms with Gasteiger partial charge in [0.2, 0.25) is 11.8 Å². The Kier molecular flexibility index (Phi) is 7.23. The van der Waals surface area contributed by atoms with Crippen molar-refractivity contribution in [3.63, 3.8) is 0 Å². The van der Waals surface area contributed by atoms with Gasteiger partial charge in [-0.15, -0.1) is 11.8 Å². The summed E-state index contributed by atoms with van der Waals surface area (Å²) in [7, 11) is 0. The number of amides is 2. The molecule has 1 heterocycles. The highest BCUT2D eigenvalue weighted by molar-refractivity contribution is 8.00. The molecule has 0 fully saturated rings. The fourth-order valence-corrected chi connectivity index (χ4v) is 4.27. The number of anilines is 1. The third-order valence-corrected chi connectivity index (χ3v) is 5.92. The Balaban J connectivity index is 1.72. The van der Waals surface area contributed by atoms with Crippen molar-refractivity contribution in [2.24, 2.45) is 0 Å². The minimum Gasteiger partial charge on any atom is -0.342 e. The lowest BCUT2D eigenvalue weighted by atomic mass is 10.2. The molecule has 3 rings (SSSR count). The Morgan fingerprint density at radius 2 is 1.86 bits per heavy atom. The quantitative estimate of drug-likeness (QED) is 0.518. The molecule has 2 amide bonds. The Hall–Kier alpha value is -2.44. The van der Waals surface area contributed by atoms with Gasteiger partial charge in [0, 0.05) is 45.8 Å². The Labute approximate surface area is 180 Å². The molecule has 0 aliphatic carbocycles. The summed E-state index contributed by atoms with van der Waals surface area (Å²) in [4.78, 5) is 27.7. The van der Waals surface area contributed by atoms with Gasteiger partial charge in [-0.25, -0.2) is 0 Å². The van der Waals surface area contributed by atoms with Crippen LogP contribution in [-0.2, 0) is 16.1 Å². The molecular weight excluding hydrogens is 406 g/mol. The van der Waals surface area contributed by atoms with Crippen LogP contribution >= 0.6 is 23.4 Å². The van der Waals surface area contributed by atoms with Gasteiger partial charge in [0.1, 0.15) is 6.54 Å². The van der Waals surface area contributed by atoms with Crippen molar-refractivity contribution in [1.82, 2.24) is 9.47 Å². The van der Waals surface area contributed by atoms with E-state index in [0.717, 1.165) is 15.8 Å². The zero-order chi connectivity index (χ0) is 20.8. The van der Waals surface area contributed by atoms with E-state index in [0.29, 0.717) is 23.8 Å². The average molecular weight is 430 g/mol. The van der Waals surface area contributed by atoms with Crippen molar-refractivity contribution >= 4 is 51.8 Å². The van der Waals surface area contributed by atoms with E-state index in [4.69, 9.17) is 11.6 Å². The second-order valence-electron chi connectivity index (χ2n) is 6.55. The van der Waals surface area contributed by atoms with E-state index >= 15 is 0 Å². The van der Waals surface area contributed by atoms with Gasteiger partial charge in [-0.05, 0) is 38.1 Å². The number of benzene rings is 2. The summed E-state index contributed by atoms with van der Waals surface area (Å²) >= 11 is 7.42. The zero-order valence-corrected chi connectivity index (χ0v) is 18.1. The highest BCUT2D eigenvalue weighted by Gasteiger charge is 2.15. The number of hydrogen-bond acceptors (Lipinski definition) is 3. The van der Waals surface area contributed by atoms with Crippen LogP contribution in [0.1, 0.15) is 13.8 Å². The number of fused-ring (bicyclic) bond motifs is 1. The first-order valence-electron chi connectivity index (χ1n) is 9.55. The van der Waals surface area contributed by atoms with Crippen LogP contribution in [0, 0.1) is 0 Å². The number of nitrogens with one attached hydrogen (secondary N) is 1. The number of halogens is 1. The molecule has 0 atom stereocenters. The second-order valence-corrected chi connectivity index (χ2v) is 8.01. The minimum atomic E-state index is -0.103. The van der Waals surface area contributed by atoms with Crippen LogP contribution in [0.15, 0.2) is 59.6 Å². The number of hydrogen-bond donors (Lipinski definition) is 1. The van der Waals surface area contributed by atoms with Crippen molar-refractivity contribution in [1.29, 1.82) is 0 Å². The van der Waals surface area contributed by atoms with Gasteiger partial charge in [-0.2, -0.15) is 0 Å². The summed E-state index contributed by atoms with van der Waals surface area (Å²) in [6, 6.07) is 15.0. The normalized spacial score (nSPS) is 10.9. The van der Waals surface area contributed by atoms with Crippen molar-refractivity contribution < 1.29 is 9.59 Å². The molecular formula is C22H24ClN3O2S. The van der Waals surface area contributed by atoms with Crippen molar-refractivity contribution in [3.05, 3.63) is 59.8 Å². The summed E-state index contributed by atoms with van der Waals surface area (Å²) in [5.74, 6) is 0.254. The molecule has 0 aliphatic rings. The Morgan fingerprint density at radius 3 is 2.59 bits per heavy atom. The van der Waals surface area contributed by atoms with Gasteiger partial charge in [0.05, 0.1) is 5.75 Å². The number of aromatic nitrogens is 1. The molecule has 3 aromatic rings. The minimum absolute atomic E-state index is 0.0889. The number of carbonyl (C=O) groups excluding carboxylic acids is 2. The summed E-state index contributed by atoms with van der Waals surface area (Å²) in [5, 5.41) is 4.48. The molecule has 7 heteroatoms. The summed E-state index contributed by atoms with van der Waals surface area (Å²) < 4.78 is 1.97. The number of carbonyl (C=O) groups is 2. The molecule has 0 radical (unpaired) electrons. The number of thioether (sulfide) groups is 1. The smallest absolute Gasteiger partial charge is 0.242 e. The maximum atomic E-state index is 12.5. The average Bonchev–Trinajstić information content (AvgIpc) is 3.05. The lowest BCUT2D eigenvalue weighted by Crippen LogP contribution is -2.33. The van der Waals surface area contributed by atoms with Gasteiger partial charge in [-0.3, -0.25) is 9.59 Å². The standard InChI is InChI=1S/C22H24ClN3O2S/c1-3-25(4-2)22(28)14-26-13-20(18-10-5-6-11-19(18)26)29-15-21(27)24-17-9-7-8-16(23)12-17/h5-13H,3-4,14-15H2,1-2H3,(H,24,27). The van der Waals surface area contributed by atoms with E-state index < -0.39 is 0 Å². The van der Waals surface area contributed by atoms with E-state index in [2.05, 4.69) is 5.32 Å². The molecule has 0 saturated carbocycles. The van der Waals surface area contributed by atoms with Gasteiger partial charge in [0.15, 0.2) is 0 Å². The molecule has 152 valence electrons. The molecule has 1 aromatic heterocycles. The van der Waals surface area contributed by atoms with Crippen LogP contribution in [0.25, 0.3) is 10.9 Å². The van der Waals surface area contributed by atoms with Crippen molar-refractivity contribution in [2.75, 3.05) is 24.2 Å². The lowest BCUT2D eigenvalue weighted by Gasteiger charge is -2.19. The number of likely N-dealkylation sites (N-methyl/N-ethyl adjacent to an activating group) is 1. The summed E-state index contributed by atoms with van der Waals surface area (Å²) in [5.41, 5.74) is 1.67. The van der Waals surface area contributed by atoms with Gasteiger partial charge in [0.25, 0.3) is 0 Å². The van der Waals surface area contributed by atoms with Gasteiger partial charge >= 0.3 is 0 Å². The van der Waals surface area contributed by atoms with Crippen LogP contribution in [-0.4, -0.2) is 40.1 Å². The van der Waals surface area contributed by atoms with Crippen LogP contribution in [0.3, 0.4) is 0 Å². The Bertz CT molecular complexity index is 1010. The van der Waals surface area contributed by atoms with E-state index in [1.54, 1.807) is 24.3 Å². The molecule has 0 bridgehead atoms. The summed E-state index contributed by atoms with van der Waals surface area (Å²) in [6.07, 6.45) is 1.96. The van der Waals surface area contributed by atoms with Crippen molar-refractivity contribution in [2.45, 2.75) is 25.3 Å². The molecule has 0 aliphatic heterocycles.